The fraction of sp³-hybridized carbons (Fsp3) is 0.556. The fourth-order valence-electron chi connectivity index (χ4n) is 5.13. The normalized spacial score (nSPS) is 19.9. The molecular formula is C27H39N5O6. The van der Waals surface area contributed by atoms with Crippen molar-refractivity contribution in [3.63, 3.8) is 0 Å². The van der Waals surface area contributed by atoms with Gasteiger partial charge in [0.05, 0.1) is 12.6 Å². The van der Waals surface area contributed by atoms with Crippen molar-refractivity contribution in [1.82, 2.24) is 20.9 Å². The van der Waals surface area contributed by atoms with Gasteiger partial charge < -0.3 is 36.5 Å². The molecule has 0 radical (unpaired) electrons. The SMILES string of the molecule is CC[C@H](C)[C@H](NC(=O)[C@@]1(NC(=O)[C@@H](NC(=O)O)[C@@H](C)CC)CCc2[nH]c3c(OC)cccc3c2C1)C(N)=O. The number of para-hydroxylation sites is 1. The predicted octanol–water partition coefficient (Wildman–Crippen LogP) is 2.22. The van der Waals surface area contributed by atoms with Crippen LogP contribution in [0.2, 0.25) is 0 Å². The van der Waals surface area contributed by atoms with Crippen molar-refractivity contribution in [2.75, 3.05) is 7.11 Å². The molecule has 5 atom stereocenters. The van der Waals surface area contributed by atoms with Crippen molar-refractivity contribution in [3.8, 4) is 5.75 Å². The average Bonchev–Trinajstić information content (AvgIpc) is 3.26. The van der Waals surface area contributed by atoms with Crippen molar-refractivity contribution in [3.05, 3.63) is 29.5 Å². The summed E-state index contributed by atoms with van der Waals surface area (Å²) in [6, 6.07) is 3.62. The summed E-state index contributed by atoms with van der Waals surface area (Å²) in [6.45, 7) is 7.34. The summed E-state index contributed by atoms with van der Waals surface area (Å²) >= 11 is 0. The second-order valence-electron chi connectivity index (χ2n) is 10.3. The number of aromatic nitrogens is 1. The van der Waals surface area contributed by atoms with Crippen LogP contribution in [0.4, 0.5) is 4.79 Å². The molecule has 1 aromatic heterocycles. The van der Waals surface area contributed by atoms with E-state index in [4.69, 9.17) is 10.5 Å². The minimum Gasteiger partial charge on any atom is -0.495 e. The fourth-order valence-corrected chi connectivity index (χ4v) is 5.13. The molecule has 2 aromatic rings. The summed E-state index contributed by atoms with van der Waals surface area (Å²) in [5, 5.41) is 18.2. The second-order valence-corrected chi connectivity index (χ2v) is 10.3. The summed E-state index contributed by atoms with van der Waals surface area (Å²) in [4.78, 5) is 54.6. The van der Waals surface area contributed by atoms with Crippen LogP contribution in [0.3, 0.4) is 0 Å². The Morgan fingerprint density at radius 1 is 1.11 bits per heavy atom. The van der Waals surface area contributed by atoms with E-state index < -0.39 is 41.4 Å². The number of carboxylic acid groups (broad SMARTS) is 1. The van der Waals surface area contributed by atoms with Crippen molar-refractivity contribution in [2.45, 2.75) is 77.4 Å². The van der Waals surface area contributed by atoms with E-state index in [0.717, 1.165) is 22.2 Å². The standard InChI is InChI=1S/C27H39N5O6/c1-6-14(3)20(23(28)33)30-25(35)27(32-24(34)21(15(4)7-2)31-26(36)37)12-11-18-17(13-27)16-9-8-10-19(38-5)22(16)29-18/h8-10,14-15,20-21,29,31H,6-7,11-13H2,1-5H3,(H2,28,33)(H,30,35)(H,32,34)(H,36,37)/t14-,15-,20-,21-,27+/m0/s1. The number of nitrogens with one attached hydrogen (secondary N) is 4. The monoisotopic (exact) mass is 529 g/mol. The van der Waals surface area contributed by atoms with Crippen molar-refractivity contribution in [1.29, 1.82) is 0 Å². The van der Waals surface area contributed by atoms with Gasteiger partial charge >= 0.3 is 6.09 Å². The Morgan fingerprint density at radius 2 is 1.76 bits per heavy atom. The third-order valence-electron chi connectivity index (χ3n) is 7.87. The van der Waals surface area contributed by atoms with Gasteiger partial charge in [-0.1, -0.05) is 52.7 Å². The van der Waals surface area contributed by atoms with E-state index >= 15 is 0 Å². The largest absolute Gasteiger partial charge is 0.495 e. The molecule has 0 unspecified atom stereocenters. The molecule has 0 saturated heterocycles. The maximum absolute atomic E-state index is 14.0. The minimum absolute atomic E-state index is 0.138. The smallest absolute Gasteiger partial charge is 0.405 e. The van der Waals surface area contributed by atoms with Crippen molar-refractivity contribution < 1.29 is 29.0 Å². The molecule has 1 aromatic carbocycles. The lowest BCUT2D eigenvalue weighted by Crippen LogP contribution is -2.67. The maximum atomic E-state index is 14.0. The molecule has 4 amide bonds. The molecule has 0 spiro atoms. The number of benzene rings is 1. The van der Waals surface area contributed by atoms with Crippen LogP contribution in [0.5, 0.6) is 5.75 Å². The maximum Gasteiger partial charge on any atom is 0.405 e. The zero-order valence-corrected chi connectivity index (χ0v) is 22.6. The molecule has 0 fully saturated rings. The lowest BCUT2D eigenvalue weighted by molar-refractivity contribution is -0.137. The Bertz CT molecular complexity index is 1210. The first-order chi connectivity index (χ1) is 18.0. The highest BCUT2D eigenvalue weighted by Crippen LogP contribution is 2.37. The number of amides is 4. The Labute approximate surface area is 222 Å². The van der Waals surface area contributed by atoms with Crippen LogP contribution in [-0.4, -0.2) is 58.6 Å². The van der Waals surface area contributed by atoms with Crippen LogP contribution in [0.25, 0.3) is 10.9 Å². The molecule has 0 aliphatic heterocycles. The van der Waals surface area contributed by atoms with Gasteiger partial charge in [-0.2, -0.15) is 0 Å². The van der Waals surface area contributed by atoms with E-state index in [1.54, 1.807) is 14.0 Å². The first-order valence-electron chi connectivity index (χ1n) is 13.1. The number of carbonyl (C=O) groups excluding carboxylic acids is 3. The number of methoxy groups -OCH3 is 1. The van der Waals surface area contributed by atoms with Crippen LogP contribution in [0.15, 0.2) is 18.2 Å². The third-order valence-corrected chi connectivity index (χ3v) is 7.87. The van der Waals surface area contributed by atoms with Gasteiger partial charge in [0.25, 0.3) is 0 Å². The molecule has 1 heterocycles. The van der Waals surface area contributed by atoms with Crippen LogP contribution in [0.1, 0.15) is 58.2 Å². The highest BCUT2D eigenvalue weighted by molar-refractivity contribution is 5.98. The molecule has 208 valence electrons. The number of carbonyl (C=O) groups is 4. The molecule has 3 rings (SSSR count). The average molecular weight is 530 g/mol. The number of hydrogen-bond donors (Lipinski definition) is 6. The summed E-state index contributed by atoms with van der Waals surface area (Å²) in [5.74, 6) is -1.67. The molecule has 1 aliphatic carbocycles. The zero-order valence-electron chi connectivity index (χ0n) is 22.6. The van der Waals surface area contributed by atoms with Gasteiger partial charge in [0.1, 0.15) is 23.4 Å². The number of aryl methyl sites for hydroxylation is 1. The van der Waals surface area contributed by atoms with E-state index in [0.29, 0.717) is 25.0 Å². The van der Waals surface area contributed by atoms with Gasteiger partial charge in [-0.05, 0) is 36.3 Å². The molecular weight excluding hydrogens is 490 g/mol. The summed E-state index contributed by atoms with van der Waals surface area (Å²) < 4.78 is 5.50. The van der Waals surface area contributed by atoms with Gasteiger partial charge in [0, 0.05) is 17.5 Å². The zero-order chi connectivity index (χ0) is 28.2. The minimum atomic E-state index is -1.44. The predicted molar refractivity (Wildman–Crippen MR) is 143 cm³/mol. The Kier molecular flexibility index (Phi) is 8.90. The first-order valence-corrected chi connectivity index (χ1v) is 13.1. The van der Waals surface area contributed by atoms with E-state index in [1.165, 1.54) is 0 Å². The highest BCUT2D eigenvalue weighted by atomic mass is 16.5. The molecule has 11 heteroatoms. The molecule has 1 aliphatic rings. The molecule has 11 nitrogen and oxygen atoms in total. The van der Waals surface area contributed by atoms with Crippen LogP contribution in [-0.2, 0) is 27.2 Å². The number of nitrogens with two attached hydrogens (primary N) is 1. The van der Waals surface area contributed by atoms with E-state index in [2.05, 4.69) is 20.9 Å². The van der Waals surface area contributed by atoms with Gasteiger partial charge in [-0.25, -0.2) is 4.79 Å². The quantitative estimate of drug-likeness (QED) is 0.260. The van der Waals surface area contributed by atoms with Crippen molar-refractivity contribution in [2.24, 2.45) is 17.6 Å². The van der Waals surface area contributed by atoms with Gasteiger partial charge in [0.2, 0.25) is 17.7 Å². The molecule has 0 bridgehead atoms. The number of rotatable bonds is 11. The first kappa shape index (κ1) is 28.8. The third kappa shape index (κ3) is 5.71. The lowest BCUT2D eigenvalue weighted by atomic mass is 9.78. The topological polar surface area (TPSA) is 176 Å². The number of aromatic amines is 1. The van der Waals surface area contributed by atoms with Gasteiger partial charge in [-0.3, -0.25) is 14.4 Å². The van der Waals surface area contributed by atoms with Crippen molar-refractivity contribution >= 4 is 34.7 Å². The van der Waals surface area contributed by atoms with Crippen LogP contribution < -0.4 is 26.4 Å². The molecule has 38 heavy (non-hydrogen) atoms. The number of H-pyrrole nitrogens is 1. The summed E-state index contributed by atoms with van der Waals surface area (Å²) in [7, 11) is 1.58. The summed E-state index contributed by atoms with van der Waals surface area (Å²) in [6.07, 6.45) is 0.633. The molecule has 0 saturated carbocycles. The highest BCUT2D eigenvalue weighted by Gasteiger charge is 2.46. The Morgan fingerprint density at radius 3 is 2.34 bits per heavy atom. The number of ether oxygens (including phenoxy) is 1. The van der Waals surface area contributed by atoms with Gasteiger partial charge in [0.15, 0.2) is 0 Å². The molecule has 7 N–H and O–H groups in total. The second kappa shape index (κ2) is 11.7. The summed E-state index contributed by atoms with van der Waals surface area (Å²) in [5.41, 5.74) is 6.77. The van der Waals surface area contributed by atoms with E-state index in [-0.39, 0.29) is 24.7 Å². The van der Waals surface area contributed by atoms with E-state index in [9.17, 15) is 24.3 Å². The van der Waals surface area contributed by atoms with Crippen LogP contribution in [0, 0.1) is 11.8 Å². The number of fused-ring (bicyclic) bond motifs is 3. The van der Waals surface area contributed by atoms with Gasteiger partial charge in [-0.15, -0.1) is 0 Å². The number of primary amides is 1. The van der Waals surface area contributed by atoms with E-state index in [1.807, 2.05) is 39.0 Å². The lowest BCUT2D eigenvalue weighted by Gasteiger charge is -2.39. The van der Waals surface area contributed by atoms with Crippen LogP contribution >= 0.6 is 0 Å². The Hall–Kier alpha value is -3.76. The number of hydrogen-bond acceptors (Lipinski definition) is 5. The Balaban J connectivity index is 2.07.